The van der Waals surface area contributed by atoms with Gasteiger partial charge in [0.05, 0.1) is 12.1 Å². The number of hydrogen-bond acceptors (Lipinski definition) is 3. The van der Waals surface area contributed by atoms with E-state index in [1.54, 1.807) is 24.3 Å². The Labute approximate surface area is 118 Å². The van der Waals surface area contributed by atoms with Crippen LogP contribution in [-0.2, 0) is 4.79 Å². The number of carbonyl (C=O) groups excluding carboxylic acids is 2. The van der Waals surface area contributed by atoms with E-state index in [2.05, 4.69) is 10.6 Å². The third-order valence-electron chi connectivity index (χ3n) is 3.77. The highest BCUT2D eigenvalue weighted by molar-refractivity contribution is 5.96. The minimum atomic E-state index is -0.353. The van der Waals surface area contributed by atoms with Gasteiger partial charge in [0, 0.05) is 12.1 Å². The van der Waals surface area contributed by atoms with Crippen molar-refractivity contribution in [2.24, 2.45) is 11.7 Å². The third-order valence-corrected chi connectivity index (χ3v) is 3.77. The molecule has 108 valence electrons. The summed E-state index contributed by atoms with van der Waals surface area (Å²) in [5, 5.41) is 5.55. The largest absolute Gasteiger partial charge is 0.348 e. The lowest BCUT2D eigenvalue weighted by Gasteiger charge is -2.29. The van der Waals surface area contributed by atoms with Gasteiger partial charge in [0.25, 0.3) is 5.91 Å². The maximum absolute atomic E-state index is 11.9. The van der Waals surface area contributed by atoms with Crippen LogP contribution in [0.3, 0.4) is 0 Å². The number of hydrogen-bond donors (Lipinski definition) is 3. The lowest BCUT2D eigenvalue weighted by atomic mass is 9.96. The number of carbonyl (C=O) groups is 2. The summed E-state index contributed by atoms with van der Waals surface area (Å²) in [6.45, 7) is 2.34. The van der Waals surface area contributed by atoms with Gasteiger partial charge in [-0.1, -0.05) is 18.2 Å². The topological polar surface area (TPSA) is 84.2 Å². The second kappa shape index (κ2) is 6.05. The van der Waals surface area contributed by atoms with Gasteiger partial charge in [0.1, 0.15) is 0 Å². The quantitative estimate of drug-likeness (QED) is 0.713. The number of amides is 2. The molecule has 1 aromatic carbocycles. The zero-order chi connectivity index (χ0) is 14.6. The molecule has 4 N–H and O–H groups in total. The lowest BCUT2D eigenvalue weighted by molar-refractivity contribution is -0.122. The third kappa shape index (κ3) is 3.57. The second-order valence-corrected chi connectivity index (χ2v) is 5.49. The molecule has 1 fully saturated rings. The van der Waals surface area contributed by atoms with E-state index < -0.39 is 0 Å². The van der Waals surface area contributed by atoms with Crippen LogP contribution >= 0.6 is 0 Å². The van der Waals surface area contributed by atoms with Crippen LogP contribution in [0, 0.1) is 5.92 Å². The SMILES string of the molecule is CC(CN)(NC(=O)CNC(=O)c1ccccc1)C1CC1. The summed E-state index contributed by atoms with van der Waals surface area (Å²) in [5.41, 5.74) is 5.93. The Kier molecular flexibility index (Phi) is 4.39. The van der Waals surface area contributed by atoms with E-state index in [9.17, 15) is 9.59 Å². The van der Waals surface area contributed by atoms with Crippen LogP contribution in [0.25, 0.3) is 0 Å². The second-order valence-electron chi connectivity index (χ2n) is 5.49. The first-order valence-corrected chi connectivity index (χ1v) is 6.89. The summed E-state index contributed by atoms with van der Waals surface area (Å²) in [6.07, 6.45) is 2.20. The molecule has 2 amide bonds. The molecule has 1 aliphatic carbocycles. The molecular weight excluding hydrogens is 254 g/mol. The number of rotatable bonds is 6. The summed E-state index contributed by atoms with van der Waals surface area (Å²) in [4.78, 5) is 23.7. The highest BCUT2D eigenvalue weighted by atomic mass is 16.2. The molecule has 0 bridgehead atoms. The molecule has 20 heavy (non-hydrogen) atoms. The van der Waals surface area contributed by atoms with Gasteiger partial charge in [-0.2, -0.15) is 0 Å². The van der Waals surface area contributed by atoms with E-state index in [1.165, 1.54) is 0 Å². The number of benzene rings is 1. The van der Waals surface area contributed by atoms with Crippen molar-refractivity contribution in [3.8, 4) is 0 Å². The monoisotopic (exact) mass is 275 g/mol. The van der Waals surface area contributed by atoms with Crippen molar-refractivity contribution in [2.45, 2.75) is 25.3 Å². The first-order chi connectivity index (χ1) is 9.55. The maximum Gasteiger partial charge on any atom is 0.251 e. The molecule has 1 unspecified atom stereocenters. The van der Waals surface area contributed by atoms with E-state index in [-0.39, 0.29) is 23.9 Å². The van der Waals surface area contributed by atoms with Crippen molar-refractivity contribution in [3.63, 3.8) is 0 Å². The Balaban J connectivity index is 1.82. The standard InChI is InChI=1S/C15H21N3O2/c1-15(10-16,12-7-8-12)18-13(19)9-17-14(20)11-5-3-2-4-6-11/h2-6,12H,7-10,16H2,1H3,(H,17,20)(H,18,19). The summed E-state index contributed by atoms with van der Waals surface area (Å²) < 4.78 is 0. The molecular formula is C15H21N3O2. The van der Waals surface area contributed by atoms with Gasteiger partial charge in [0.15, 0.2) is 0 Å². The maximum atomic E-state index is 11.9. The van der Waals surface area contributed by atoms with Gasteiger partial charge in [0.2, 0.25) is 5.91 Å². The molecule has 5 nitrogen and oxygen atoms in total. The predicted octanol–water partition coefficient (Wildman–Crippen LogP) is 0.660. The molecule has 2 rings (SSSR count). The molecule has 0 spiro atoms. The van der Waals surface area contributed by atoms with Crippen molar-refractivity contribution in [1.82, 2.24) is 10.6 Å². The van der Waals surface area contributed by atoms with Crippen molar-refractivity contribution >= 4 is 11.8 Å². The molecule has 1 aliphatic rings. The molecule has 5 heteroatoms. The van der Waals surface area contributed by atoms with E-state index in [4.69, 9.17) is 5.73 Å². The van der Waals surface area contributed by atoms with Gasteiger partial charge in [-0.25, -0.2) is 0 Å². The van der Waals surface area contributed by atoms with Crippen LogP contribution < -0.4 is 16.4 Å². The lowest BCUT2D eigenvalue weighted by Crippen LogP contribution is -2.55. The van der Waals surface area contributed by atoms with Crippen LogP contribution in [0.1, 0.15) is 30.1 Å². The Bertz CT molecular complexity index is 485. The molecule has 1 aromatic rings. The highest BCUT2D eigenvalue weighted by Gasteiger charge is 2.41. The van der Waals surface area contributed by atoms with Crippen molar-refractivity contribution in [3.05, 3.63) is 35.9 Å². The fourth-order valence-electron chi connectivity index (χ4n) is 2.26. The zero-order valence-electron chi connectivity index (χ0n) is 11.7. The number of nitrogens with one attached hydrogen (secondary N) is 2. The van der Waals surface area contributed by atoms with Crippen LogP contribution in [0.5, 0.6) is 0 Å². The fourth-order valence-corrected chi connectivity index (χ4v) is 2.26. The molecule has 1 atom stereocenters. The Morgan fingerprint density at radius 3 is 2.50 bits per heavy atom. The molecule has 1 saturated carbocycles. The zero-order valence-corrected chi connectivity index (χ0v) is 11.7. The van der Waals surface area contributed by atoms with Gasteiger partial charge in [-0.15, -0.1) is 0 Å². The minimum Gasteiger partial charge on any atom is -0.348 e. The Morgan fingerprint density at radius 2 is 1.95 bits per heavy atom. The fraction of sp³-hybridized carbons (Fsp3) is 0.467. The van der Waals surface area contributed by atoms with Crippen LogP contribution in [-0.4, -0.2) is 30.4 Å². The summed E-state index contributed by atoms with van der Waals surface area (Å²) in [5.74, 6) is 0.0111. The van der Waals surface area contributed by atoms with Crippen molar-refractivity contribution < 1.29 is 9.59 Å². The summed E-state index contributed by atoms with van der Waals surface area (Å²) in [6, 6.07) is 8.83. The molecule has 0 aliphatic heterocycles. The average Bonchev–Trinajstić information content (AvgIpc) is 3.30. The molecule has 0 heterocycles. The Hall–Kier alpha value is -1.88. The van der Waals surface area contributed by atoms with Crippen molar-refractivity contribution in [2.75, 3.05) is 13.1 Å². The van der Waals surface area contributed by atoms with Crippen molar-refractivity contribution in [1.29, 1.82) is 0 Å². The Morgan fingerprint density at radius 1 is 1.30 bits per heavy atom. The first-order valence-electron chi connectivity index (χ1n) is 6.89. The van der Waals surface area contributed by atoms with Gasteiger partial charge >= 0.3 is 0 Å². The summed E-state index contributed by atoms with van der Waals surface area (Å²) in [7, 11) is 0. The normalized spacial score (nSPS) is 17.1. The first kappa shape index (κ1) is 14.5. The minimum absolute atomic E-state index is 0.0317. The summed E-state index contributed by atoms with van der Waals surface area (Å²) >= 11 is 0. The van der Waals surface area contributed by atoms with Crippen LogP contribution in [0.4, 0.5) is 0 Å². The molecule has 0 saturated heterocycles. The highest BCUT2D eigenvalue weighted by Crippen LogP contribution is 2.38. The van der Waals surface area contributed by atoms with E-state index in [0.717, 1.165) is 12.8 Å². The van der Waals surface area contributed by atoms with Gasteiger partial charge in [-0.3, -0.25) is 9.59 Å². The van der Waals surface area contributed by atoms with Crippen LogP contribution in [0.2, 0.25) is 0 Å². The smallest absolute Gasteiger partial charge is 0.251 e. The van der Waals surface area contributed by atoms with E-state index >= 15 is 0 Å². The molecule has 0 aromatic heterocycles. The van der Waals surface area contributed by atoms with E-state index in [1.807, 2.05) is 13.0 Å². The number of nitrogens with two attached hydrogens (primary N) is 1. The van der Waals surface area contributed by atoms with Gasteiger partial charge < -0.3 is 16.4 Å². The molecule has 0 radical (unpaired) electrons. The van der Waals surface area contributed by atoms with Gasteiger partial charge in [-0.05, 0) is 37.8 Å². The van der Waals surface area contributed by atoms with E-state index in [0.29, 0.717) is 18.0 Å². The van der Waals surface area contributed by atoms with Crippen LogP contribution in [0.15, 0.2) is 30.3 Å². The predicted molar refractivity (Wildman–Crippen MR) is 77.1 cm³/mol. The average molecular weight is 275 g/mol.